The number of methoxy groups -OCH3 is 1. The van der Waals surface area contributed by atoms with Gasteiger partial charge in [-0.1, -0.05) is 25.1 Å². The van der Waals surface area contributed by atoms with Crippen molar-refractivity contribution in [2.45, 2.75) is 26.0 Å². The Hall–Kier alpha value is -4.94. The van der Waals surface area contributed by atoms with Crippen molar-refractivity contribution >= 4 is 40.6 Å². The van der Waals surface area contributed by atoms with Gasteiger partial charge in [0.2, 0.25) is 0 Å². The van der Waals surface area contributed by atoms with Gasteiger partial charge in [0.05, 0.1) is 37.6 Å². The predicted octanol–water partition coefficient (Wildman–Crippen LogP) is 5.46. The van der Waals surface area contributed by atoms with Crippen LogP contribution in [0.1, 0.15) is 34.6 Å². The molecule has 5 rings (SSSR count). The summed E-state index contributed by atoms with van der Waals surface area (Å²) < 4.78 is 11.7. The minimum Gasteiger partial charge on any atom is -0.497 e. The number of nitrogens with zero attached hydrogens (tertiary/aromatic N) is 3. The molecule has 2 heterocycles. The smallest absolute Gasteiger partial charge is 0.321 e. The Morgan fingerprint density at radius 3 is 2.52 bits per heavy atom. The summed E-state index contributed by atoms with van der Waals surface area (Å²) >= 11 is 1.51. The van der Waals surface area contributed by atoms with Gasteiger partial charge in [0, 0.05) is 47.9 Å². The van der Waals surface area contributed by atoms with Crippen molar-refractivity contribution in [3.63, 3.8) is 0 Å². The third kappa shape index (κ3) is 7.30. The molecular formula is C34H37N5O6S. The molecule has 3 aromatic carbocycles. The number of aliphatic hydroxyl groups excluding tert-OH is 1. The zero-order valence-corrected chi connectivity index (χ0v) is 26.9. The maximum atomic E-state index is 13.8. The molecule has 0 fully saturated rings. The lowest BCUT2D eigenvalue weighted by Crippen LogP contribution is -2.50. The van der Waals surface area contributed by atoms with E-state index in [-0.39, 0.29) is 48.2 Å². The van der Waals surface area contributed by atoms with Crippen molar-refractivity contribution in [2.24, 2.45) is 5.92 Å². The Bertz CT molecular complexity index is 1660. The molecule has 0 spiro atoms. The normalized spacial score (nSPS) is 16.7. The number of para-hydroxylation sites is 1. The maximum Gasteiger partial charge on any atom is 0.321 e. The number of ether oxygens (including phenoxy) is 2. The number of amides is 4. The van der Waals surface area contributed by atoms with Gasteiger partial charge in [0.25, 0.3) is 11.8 Å². The summed E-state index contributed by atoms with van der Waals surface area (Å²) in [5, 5.41) is 18.5. The Kier molecular flexibility index (Phi) is 10.2. The summed E-state index contributed by atoms with van der Waals surface area (Å²) in [5.41, 5.74) is 2.50. The Morgan fingerprint density at radius 1 is 1.13 bits per heavy atom. The molecule has 4 amide bonds. The number of hydrogen-bond acceptors (Lipinski definition) is 8. The lowest BCUT2D eigenvalue weighted by Gasteiger charge is -2.38. The lowest BCUT2D eigenvalue weighted by molar-refractivity contribution is 0.0372. The number of carbonyl (C=O) groups is 3. The van der Waals surface area contributed by atoms with Crippen LogP contribution < -0.4 is 20.1 Å². The minimum atomic E-state index is -0.567. The molecule has 240 valence electrons. The summed E-state index contributed by atoms with van der Waals surface area (Å²) in [6.07, 6.45) is 1.16. The van der Waals surface area contributed by atoms with Gasteiger partial charge < -0.3 is 35.0 Å². The molecule has 12 heteroatoms. The van der Waals surface area contributed by atoms with E-state index in [1.165, 1.54) is 16.2 Å². The molecule has 0 saturated carbocycles. The SMILES string of the molecule is COc1ccc(NC(=O)N(C)C[C@@H]2Oc3c(NC(=O)c4ccc(-c5nccs5)cc4)cccc3C(=O)N([C@H](C)CO)C[C@@H]2C)cc1. The fraction of sp³-hybridized carbons (Fsp3) is 0.294. The van der Waals surface area contributed by atoms with Crippen LogP contribution in [0.4, 0.5) is 16.2 Å². The van der Waals surface area contributed by atoms with Gasteiger partial charge in [0.1, 0.15) is 16.9 Å². The van der Waals surface area contributed by atoms with E-state index in [1.807, 2.05) is 24.4 Å². The van der Waals surface area contributed by atoms with Crippen molar-refractivity contribution < 1.29 is 29.0 Å². The highest BCUT2D eigenvalue weighted by Gasteiger charge is 2.35. The van der Waals surface area contributed by atoms with E-state index < -0.39 is 12.1 Å². The molecule has 0 bridgehead atoms. The zero-order valence-electron chi connectivity index (χ0n) is 26.1. The molecular weight excluding hydrogens is 606 g/mol. The van der Waals surface area contributed by atoms with Crippen molar-refractivity contribution in [3.8, 4) is 22.1 Å². The maximum absolute atomic E-state index is 13.8. The van der Waals surface area contributed by atoms with E-state index in [1.54, 1.807) is 86.8 Å². The second kappa shape index (κ2) is 14.4. The molecule has 1 aromatic heterocycles. The van der Waals surface area contributed by atoms with Crippen LogP contribution in [-0.4, -0.2) is 83.7 Å². The van der Waals surface area contributed by atoms with E-state index in [0.29, 0.717) is 29.2 Å². The molecule has 1 aliphatic heterocycles. The first-order valence-electron chi connectivity index (χ1n) is 14.9. The number of anilines is 2. The fourth-order valence-corrected chi connectivity index (χ4v) is 5.77. The van der Waals surface area contributed by atoms with E-state index in [9.17, 15) is 19.5 Å². The summed E-state index contributed by atoms with van der Waals surface area (Å²) in [6.45, 7) is 3.95. The van der Waals surface area contributed by atoms with Crippen molar-refractivity contribution in [3.05, 3.63) is 89.4 Å². The number of carbonyl (C=O) groups excluding carboxylic acids is 3. The van der Waals surface area contributed by atoms with Gasteiger partial charge in [-0.2, -0.15) is 0 Å². The summed E-state index contributed by atoms with van der Waals surface area (Å²) in [5.74, 6) is -0.0660. The predicted molar refractivity (Wildman–Crippen MR) is 178 cm³/mol. The molecule has 0 radical (unpaired) electrons. The number of hydrogen-bond donors (Lipinski definition) is 3. The molecule has 0 unspecified atom stereocenters. The molecule has 3 atom stereocenters. The van der Waals surface area contributed by atoms with E-state index >= 15 is 0 Å². The van der Waals surface area contributed by atoms with E-state index in [0.717, 1.165) is 10.6 Å². The highest BCUT2D eigenvalue weighted by Crippen LogP contribution is 2.35. The molecule has 46 heavy (non-hydrogen) atoms. The second-order valence-corrected chi connectivity index (χ2v) is 12.1. The highest BCUT2D eigenvalue weighted by atomic mass is 32.1. The van der Waals surface area contributed by atoms with E-state index in [4.69, 9.17) is 9.47 Å². The van der Waals surface area contributed by atoms with Crippen molar-refractivity contribution in [2.75, 3.05) is 44.5 Å². The Morgan fingerprint density at radius 2 is 1.87 bits per heavy atom. The lowest BCUT2D eigenvalue weighted by atomic mass is 9.99. The molecule has 4 aromatic rings. The van der Waals surface area contributed by atoms with Gasteiger partial charge in [0.15, 0.2) is 5.75 Å². The molecule has 0 aliphatic carbocycles. The number of aromatic nitrogens is 1. The molecule has 11 nitrogen and oxygen atoms in total. The van der Waals surface area contributed by atoms with Crippen LogP contribution in [0.25, 0.3) is 10.6 Å². The number of benzene rings is 3. The van der Waals surface area contributed by atoms with Gasteiger partial charge in [-0.25, -0.2) is 9.78 Å². The summed E-state index contributed by atoms with van der Waals surface area (Å²) in [7, 11) is 3.24. The molecule has 1 aliphatic rings. The average Bonchev–Trinajstić information content (AvgIpc) is 3.62. The molecule has 0 saturated heterocycles. The Balaban J connectivity index is 1.40. The van der Waals surface area contributed by atoms with Gasteiger partial charge in [-0.05, 0) is 55.5 Å². The number of urea groups is 1. The first kappa shape index (κ1) is 32.5. The van der Waals surface area contributed by atoms with Crippen LogP contribution in [0.3, 0.4) is 0 Å². The number of aliphatic hydroxyl groups is 1. The number of nitrogens with one attached hydrogen (secondary N) is 2. The van der Waals surface area contributed by atoms with Crippen LogP contribution in [0.5, 0.6) is 11.5 Å². The summed E-state index contributed by atoms with van der Waals surface area (Å²) in [6, 6.07) is 18.3. The number of likely N-dealkylation sites (N-methyl/N-ethyl adjacent to an activating group) is 1. The van der Waals surface area contributed by atoms with Crippen LogP contribution in [-0.2, 0) is 0 Å². The fourth-order valence-electron chi connectivity index (χ4n) is 5.13. The second-order valence-electron chi connectivity index (χ2n) is 11.2. The van der Waals surface area contributed by atoms with Gasteiger partial charge >= 0.3 is 6.03 Å². The monoisotopic (exact) mass is 643 g/mol. The van der Waals surface area contributed by atoms with Gasteiger partial charge in [-0.3, -0.25) is 9.59 Å². The highest BCUT2D eigenvalue weighted by molar-refractivity contribution is 7.13. The first-order chi connectivity index (χ1) is 22.2. The zero-order chi connectivity index (χ0) is 32.8. The number of thiazole rings is 1. The van der Waals surface area contributed by atoms with Crippen LogP contribution >= 0.6 is 11.3 Å². The number of fused-ring (bicyclic) bond motifs is 1. The van der Waals surface area contributed by atoms with Crippen LogP contribution in [0, 0.1) is 5.92 Å². The summed E-state index contributed by atoms with van der Waals surface area (Å²) in [4.78, 5) is 47.8. The van der Waals surface area contributed by atoms with Crippen molar-refractivity contribution in [1.82, 2.24) is 14.8 Å². The van der Waals surface area contributed by atoms with Crippen LogP contribution in [0.15, 0.2) is 78.3 Å². The Labute approximate surface area is 271 Å². The standard InChI is InChI=1S/C34H37N5O6S/c1-21-18-39(22(2)20-40)33(42)27-6-5-7-28(37-31(41)23-8-10-24(11-9-23)32-35-16-17-46-32)30(27)45-29(21)19-38(3)34(43)36-25-12-14-26(44-4)15-13-25/h5-17,21-22,29,40H,18-20H2,1-4H3,(H,36,43)(H,37,41)/t21-,22+,29-/m0/s1. The first-order valence-corrected chi connectivity index (χ1v) is 15.8. The van der Waals surface area contributed by atoms with E-state index in [2.05, 4.69) is 15.6 Å². The average molecular weight is 644 g/mol. The quantitative estimate of drug-likeness (QED) is 0.221. The topological polar surface area (TPSA) is 133 Å². The minimum absolute atomic E-state index is 0.179. The third-order valence-corrected chi connectivity index (χ3v) is 8.73. The largest absolute Gasteiger partial charge is 0.497 e. The number of rotatable bonds is 9. The van der Waals surface area contributed by atoms with Gasteiger partial charge in [-0.15, -0.1) is 11.3 Å². The molecule has 3 N–H and O–H groups in total. The van der Waals surface area contributed by atoms with Crippen molar-refractivity contribution in [1.29, 1.82) is 0 Å². The van der Waals surface area contributed by atoms with Crippen LogP contribution in [0.2, 0.25) is 0 Å². The third-order valence-electron chi connectivity index (χ3n) is 7.91.